The van der Waals surface area contributed by atoms with Gasteiger partial charge in [0, 0.05) is 13.6 Å². The van der Waals surface area contributed by atoms with Crippen LogP contribution in [0.15, 0.2) is 46.9 Å². The fourth-order valence-electron chi connectivity index (χ4n) is 3.36. The Labute approximate surface area is 199 Å². The van der Waals surface area contributed by atoms with Crippen LogP contribution in [0.4, 0.5) is 0 Å². The third-order valence-electron chi connectivity index (χ3n) is 5.27. The third-order valence-corrected chi connectivity index (χ3v) is 5.89. The van der Waals surface area contributed by atoms with Crippen molar-refractivity contribution in [3.8, 4) is 11.5 Å². The molecule has 0 unspecified atom stereocenters. The molecule has 0 saturated heterocycles. The number of ether oxygens (including phenoxy) is 2. The van der Waals surface area contributed by atoms with Crippen LogP contribution < -0.4 is 14.8 Å². The Balaban J connectivity index is 2.23. The van der Waals surface area contributed by atoms with E-state index in [0.717, 1.165) is 15.6 Å². The molecule has 0 spiro atoms. The number of benzene rings is 2. The minimum Gasteiger partial charge on any atom is -0.497 e. The first-order valence-corrected chi connectivity index (χ1v) is 11.5. The normalized spacial score (nSPS) is 12.1. The number of carbonyl (C=O) groups is 2. The zero-order chi connectivity index (χ0) is 23.9. The van der Waals surface area contributed by atoms with Crippen LogP contribution in [0.5, 0.6) is 11.5 Å². The zero-order valence-corrected chi connectivity index (χ0v) is 21.3. The quantitative estimate of drug-likeness (QED) is 0.537. The van der Waals surface area contributed by atoms with E-state index >= 15 is 0 Å². The van der Waals surface area contributed by atoms with Crippen molar-refractivity contribution in [3.05, 3.63) is 58.1 Å². The van der Waals surface area contributed by atoms with Crippen LogP contribution in [-0.2, 0) is 21.5 Å². The first-order chi connectivity index (χ1) is 15.1. The van der Waals surface area contributed by atoms with Gasteiger partial charge in [-0.15, -0.1) is 0 Å². The van der Waals surface area contributed by atoms with Crippen LogP contribution in [0.25, 0.3) is 0 Å². The van der Waals surface area contributed by atoms with Gasteiger partial charge in [0.05, 0.1) is 11.6 Å². The van der Waals surface area contributed by atoms with Gasteiger partial charge in [-0.2, -0.15) is 0 Å². The molecule has 1 atom stereocenters. The topological polar surface area (TPSA) is 67.9 Å². The molecule has 0 aromatic heterocycles. The van der Waals surface area contributed by atoms with Crippen LogP contribution in [-0.4, -0.2) is 43.5 Å². The minimum absolute atomic E-state index is 0.00622. The molecule has 6 nitrogen and oxygen atoms in total. The molecular weight excluding hydrogens is 472 g/mol. The molecule has 2 aromatic rings. The van der Waals surface area contributed by atoms with E-state index in [4.69, 9.17) is 9.47 Å². The average Bonchev–Trinajstić information content (AvgIpc) is 2.77. The van der Waals surface area contributed by atoms with Crippen LogP contribution in [0, 0.1) is 0 Å². The minimum atomic E-state index is -0.603. The summed E-state index contributed by atoms with van der Waals surface area (Å²) in [6.07, 6.45) is 0.485. The van der Waals surface area contributed by atoms with Gasteiger partial charge in [-0.25, -0.2) is 0 Å². The highest BCUT2D eigenvalue weighted by Gasteiger charge is 2.28. The summed E-state index contributed by atoms with van der Waals surface area (Å²) in [5.41, 5.74) is 2.04. The maximum atomic E-state index is 13.2. The van der Waals surface area contributed by atoms with Crippen molar-refractivity contribution >= 4 is 27.7 Å². The fraction of sp³-hybridized carbons (Fsp3) is 0.440. The van der Waals surface area contributed by atoms with Gasteiger partial charge in [-0.1, -0.05) is 45.9 Å². The molecular formula is C25H33BrN2O4. The average molecular weight is 505 g/mol. The number of methoxy groups -OCH3 is 1. The molecule has 2 aromatic carbocycles. The second-order valence-electron chi connectivity index (χ2n) is 8.60. The number of amides is 2. The van der Waals surface area contributed by atoms with Crippen molar-refractivity contribution in [2.45, 2.75) is 52.1 Å². The van der Waals surface area contributed by atoms with E-state index in [1.807, 2.05) is 49.4 Å². The highest BCUT2D eigenvalue weighted by atomic mass is 79.9. The Morgan fingerprint density at radius 3 is 2.44 bits per heavy atom. The van der Waals surface area contributed by atoms with E-state index in [0.29, 0.717) is 17.9 Å². The Morgan fingerprint density at radius 1 is 1.16 bits per heavy atom. The van der Waals surface area contributed by atoms with Gasteiger partial charge in [0.1, 0.15) is 17.5 Å². The van der Waals surface area contributed by atoms with Gasteiger partial charge >= 0.3 is 0 Å². The number of carbonyl (C=O) groups excluding carboxylic acids is 2. The number of hydrogen-bond donors (Lipinski definition) is 1. The molecule has 0 heterocycles. The predicted molar refractivity (Wildman–Crippen MR) is 130 cm³/mol. The molecule has 7 heteroatoms. The number of hydrogen-bond acceptors (Lipinski definition) is 4. The summed E-state index contributed by atoms with van der Waals surface area (Å²) >= 11 is 3.55. The Morgan fingerprint density at radius 2 is 1.88 bits per heavy atom. The second kappa shape index (κ2) is 11.4. The SMILES string of the molecule is CC[C@H](C(=O)NC)N(Cc1cccc(OC)c1)C(=O)COc1ccc(C(C)(C)C)cc1Br. The largest absolute Gasteiger partial charge is 0.497 e. The lowest BCUT2D eigenvalue weighted by molar-refractivity contribution is -0.142. The van der Waals surface area contributed by atoms with E-state index < -0.39 is 6.04 Å². The monoisotopic (exact) mass is 504 g/mol. The summed E-state index contributed by atoms with van der Waals surface area (Å²) in [5, 5.41) is 2.66. The van der Waals surface area contributed by atoms with Crippen molar-refractivity contribution in [2.75, 3.05) is 20.8 Å². The van der Waals surface area contributed by atoms with Crippen molar-refractivity contribution < 1.29 is 19.1 Å². The molecule has 2 amide bonds. The van der Waals surface area contributed by atoms with Crippen LogP contribution >= 0.6 is 15.9 Å². The van der Waals surface area contributed by atoms with Gasteiger partial charge in [-0.3, -0.25) is 9.59 Å². The van der Waals surface area contributed by atoms with Crippen molar-refractivity contribution in [1.29, 1.82) is 0 Å². The first kappa shape index (κ1) is 25.7. The Hall–Kier alpha value is -2.54. The lowest BCUT2D eigenvalue weighted by Crippen LogP contribution is -2.49. The third kappa shape index (κ3) is 6.73. The molecule has 174 valence electrons. The van der Waals surface area contributed by atoms with Crippen molar-refractivity contribution in [1.82, 2.24) is 10.2 Å². The number of nitrogens with zero attached hydrogens (tertiary/aromatic N) is 1. The lowest BCUT2D eigenvalue weighted by Gasteiger charge is -2.30. The summed E-state index contributed by atoms with van der Waals surface area (Å²) in [5.74, 6) is 0.803. The Kier molecular flexibility index (Phi) is 9.13. The molecule has 32 heavy (non-hydrogen) atoms. The number of halogens is 1. The molecule has 0 aliphatic rings. The molecule has 0 aliphatic carbocycles. The zero-order valence-electron chi connectivity index (χ0n) is 19.7. The summed E-state index contributed by atoms with van der Waals surface area (Å²) in [4.78, 5) is 27.3. The van der Waals surface area contributed by atoms with Gasteiger partial charge in [-0.05, 0) is 63.2 Å². The highest BCUT2D eigenvalue weighted by molar-refractivity contribution is 9.10. The summed E-state index contributed by atoms with van der Waals surface area (Å²) in [7, 11) is 3.17. The predicted octanol–water partition coefficient (Wildman–Crippen LogP) is 4.69. The first-order valence-electron chi connectivity index (χ1n) is 10.7. The molecule has 0 aliphatic heterocycles. The van der Waals surface area contributed by atoms with E-state index in [9.17, 15) is 9.59 Å². The van der Waals surface area contributed by atoms with E-state index in [2.05, 4.69) is 42.0 Å². The molecule has 1 N–H and O–H groups in total. The molecule has 0 fully saturated rings. The van der Waals surface area contributed by atoms with Gasteiger partial charge in [0.2, 0.25) is 5.91 Å². The van der Waals surface area contributed by atoms with E-state index in [1.54, 1.807) is 19.1 Å². The number of nitrogens with one attached hydrogen (secondary N) is 1. The summed E-state index contributed by atoms with van der Waals surface area (Å²) < 4.78 is 11.9. The molecule has 2 rings (SSSR count). The molecule has 0 bridgehead atoms. The van der Waals surface area contributed by atoms with Crippen molar-refractivity contribution in [2.24, 2.45) is 0 Å². The smallest absolute Gasteiger partial charge is 0.261 e. The van der Waals surface area contributed by atoms with Crippen LogP contribution in [0.3, 0.4) is 0 Å². The number of likely N-dealkylation sites (N-methyl/N-ethyl adjacent to an activating group) is 1. The summed E-state index contributed by atoms with van der Waals surface area (Å²) in [6, 6.07) is 12.7. The van der Waals surface area contributed by atoms with Crippen LogP contribution in [0.1, 0.15) is 45.2 Å². The molecule has 0 radical (unpaired) electrons. The Bertz CT molecular complexity index is 940. The van der Waals surface area contributed by atoms with E-state index in [-0.39, 0.29) is 30.4 Å². The maximum Gasteiger partial charge on any atom is 0.261 e. The standard InChI is InChI=1S/C25H33BrN2O4/c1-7-21(24(30)27-5)28(15-17-9-8-10-19(13-17)31-6)23(29)16-32-22-12-11-18(14-20(22)26)25(2,3)4/h8-14,21H,7,15-16H2,1-6H3,(H,27,30)/t21-/m1/s1. The van der Waals surface area contributed by atoms with E-state index in [1.165, 1.54) is 0 Å². The maximum absolute atomic E-state index is 13.2. The molecule has 0 saturated carbocycles. The van der Waals surface area contributed by atoms with Gasteiger partial charge < -0.3 is 19.7 Å². The number of rotatable bonds is 9. The van der Waals surface area contributed by atoms with Gasteiger partial charge in [0.15, 0.2) is 6.61 Å². The second-order valence-corrected chi connectivity index (χ2v) is 9.45. The van der Waals surface area contributed by atoms with Crippen molar-refractivity contribution in [3.63, 3.8) is 0 Å². The lowest BCUT2D eigenvalue weighted by atomic mass is 9.87. The van der Waals surface area contributed by atoms with Gasteiger partial charge in [0.25, 0.3) is 5.91 Å². The van der Waals surface area contributed by atoms with Crippen LogP contribution in [0.2, 0.25) is 0 Å². The highest BCUT2D eigenvalue weighted by Crippen LogP contribution is 2.31. The summed E-state index contributed by atoms with van der Waals surface area (Å²) in [6.45, 7) is 8.39. The fourth-order valence-corrected chi connectivity index (χ4v) is 3.85.